The average molecular weight is 249 g/mol. The molecule has 1 unspecified atom stereocenters. The van der Waals surface area contributed by atoms with Gasteiger partial charge in [-0.2, -0.15) is 0 Å². The second-order valence-electron chi connectivity index (χ2n) is 4.75. The third kappa shape index (κ3) is 4.30. The lowest BCUT2D eigenvalue weighted by atomic mass is 10.0. The van der Waals surface area contributed by atoms with E-state index in [4.69, 9.17) is 0 Å². The van der Waals surface area contributed by atoms with Gasteiger partial charge in [-0.1, -0.05) is 13.8 Å². The van der Waals surface area contributed by atoms with Gasteiger partial charge in [0.05, 0.1) is 0 Å². The van der Waals surface area contributed by atoms with Gasteiger partial charge in [0.25, 0.3) is 0 Å². The van der Waals surface area contributed by atoms with E-state index in [1.54, 1.807) is 0 Å². The van der Waals surface area contributed by atoms with Crippen molar-refractivity contribution in [1.29, 1.82) is 0 Å². The Kier molecular flexibility index (Phi) is 7.77. The smallest absolute Gasteiger partial charge is 0.222 e. The minimum absolute atomic E-state index is 0. The molecule has 1 heterocycles. The van der Waals surface area contributed by atoms with Gasteiger partial charge in [-0.15, -0.1) is 12.4 Å². The first kappa shape index (κ1) is 15.7. The molecule has 3 nitrogen and oxygen atoms in total. The Balaban J connectivity index is 0.00000225. The molecule has 1 amide bonds. The number of nitrogens with one attached hydrogen (secondary N) is 1. The highest BCUT2D eigenvalue weighted by atomic mass is 35.5. The molecule has 0 aliphatic carbocycles. The van der Waals surface area contributed by atoms with E-state index in [-0.39, 0.29) is 12.4 Å². The molecule has 1 N–H and O–H groups in total. The normalized spacial score (nSPS) is 20.0. The van der Waals surface area contributed by atoms with Crippen LogP contribution in [0.2, 0.25) is 0 Å². The van der Waals surface area contributed by atoms with Gasteiger partial charge < -0.3 is 10.2 Å². The van der Waals surface area contributed by atoms with Crippen molar-refractivity contribution in [3.8, 4) is 0 Å². The summed E-state index contributed by atoms with van der Waals surface area (Å²) < 4.78 is 0. The summed E-state index contributed by atoms with van der Waals surface area (Å²) in [5.41, 5.74) is 0. The number of halogens is 1. The Bertz CT molecular complexity index is 209. The quantitative estimate of drug-likeness (QED) is 0.756. The molecule has 1 aliphatic rings. The molecular formula is C12H25ClN2O. The predicted octanol–water partition coefficient (Wildman–Crippen LogP) is 2.05. The average Bonchev–Trinajstić information content (AvgIpc) is 2.66. The van der Waals surface area contributed by atoms with Gasteiger partial charge in [-0.05, 0) is 38.8 Å². The summed E-state index contributed by atoms with van der Waals surface area (Å²) in [7, 11) is 1.93. The molecule has 0 aromatic heterocycles. The predicted molar refractivity (Wildman–Crippen MR) is 70.0 cm³/mol. The molecule has 1 fully saturated rings. The third-order valence-electron chi connectivity index (χ3n) is 3.21. The van der Waals surface area contributed by atoms with Crippen LogP contribution in [0.25, 0.3) is 0 Å². The first-order valence-electron chi connectivity index (χ1n) is 6.11. The van der Waals surface area contributed by atoms with E-state index in [0.29, 0.717) is 24.3 Å². The Hall–Kier alpha value is -0.280. The van der Waals surface area contributed by atoms with Crippen molar-refractivity contribution >= 4 is 18.3 Å². The fourth-order valence-electron chi connectivity index (χ4n) is 2.36. The van der Waals surface area contributed by atoms with Crippen LogP contribution in [0, 0.1) is 5.92 Å². The summed E-state index contributed by atoms with van der Waals surface area (Å²) >= 11 is 0. The van der Waals surface area contributed by atoms with E-state index in [9.17, 15) is 4.79 Å². The maximum atomic E-state index is 11.9. The minimum atomic E-state index is 0. The number of hydrogen-bond donors (Lipinski definition) is 1. The second-order valence-corrected chi connectivity index (χ2v) is 4.75. The van der Waals surface area contributed by atoms with Crippen LogP contribution in [0.1, 0.15) is 39.5 Å². The van der Waals surface area contributed by atoms with Gasteiger partial charge in [-0.25, -0.2) is 0 Å². The molecule has 16 heavy (non-hydrogen) atoms. The van der Waals surface area contributed by atoms with E-state index in [0.717, 1.165) is 19.5 Å². The first-order chi connectivity index (χ1) is 7.16. The topological polar surface area (TPSA) is 32.3 Å². The zero-order valence-corrected chi connectivity index (χ0v) is 11.5. The van der Waals surface area contributed by atoms with Gasteiger partial charge in [0.2, 0.25) is 5.91 Å². The van der Waals surface area contributed by atoms with Gasteiger partial charge >= 0.3 is 0 Å². The minimum Gasteiger partial charge on any atom is -0.339 e. The van der Waals surface area contributed by atoms with E-state index in [1.165, 1.54) is 12.8 Å². The highest BCUT2D eigenvalue weighted by molar-refractivity contribution is 5.85. The molecule has 0 aromatic carbocycles. The number of amides is 1. The van der Waals surface area contributed by atoms with Crippen LogP contribution in [0.4, 0.5) is 0 Å². The van der Waals surface area contributed by atoms with Crippen LogP contribution in [0.5, 0.6) is 0 Å². The lowest BCUT2D eigenvalue weighted by Crippen LogP contribution is -2.38. The zero-order valence-electron chi connectivity index (χ0n) is 10.7. The molecule has 0 saturated carbocycles. The van der Waals surface area contributed by atoms with Crippen molar-refractivity contribution in [3.63, 3.8) is 0 Å². The van der Waals surface area contributed by atoms with E-state index < -0.39 is 0 Å². The van der Waals surface area contributed by atoms with Gasteiger partial charge in [0.1, 0.15) is 0 Å². The molecule has 1 atom stereocenters. The summed E-state index contributed by atoms with van der Waals surface area (Å²) in [5, 5.41) is 3.08. The number of carbonyl (C=O) groups is 1. The van der Waals surface area contributed by atoms with Crippen LogP contribution in [0.3, 0.4) is 0 Å². The number of carbonyl (C=O) groups excluding carboxylic acids is 1. The lowest BCUT2D eigenvalue weighted by molar-refractivity contribution is -0.132. The molecule has 1 rings (SSSR count). The Morgan fingerprint density at radius 3 is 2.75 bits per heavy atom. The molecule has 0 spiro atoms. The van der Waals surface area contributed by atoms with E-state index in [2.05, 4.69) is 24.1 Å². The van der Waals surface area contributed by atoms with Crippen molar-refractivity contribution in [2.45, 2.75) is 45.6 Å². The second kappa shape index (κ2) is 7.91. The summed E-state index contributed by atoms with van der Waals surface area (Å²) in [5.74, 6) is 0.946. The summed E-state index contributed by atoms with van der Waals surface area (Å²) in [4.78, 5) is 14.0. The van der Waals surface area contributed by atoms with Crippen LogP contribution < -0.4 is 5.32 Å². The fourth-order valence-corrected chi connectivity index (χ4v) is 2.36. The maximum absolute atomic E-state index is 11.9. The van der Waals surface area contributed by atoms with Gasteiger partial charge in [-0.3, -0.25) is 4.79 Å². The van der Waals surface area contributed by atoms with Crippen molar-refractivity contribution in [1.82, 2.24) is 10.2 Å². The summed E-state index contributed by atoms with van der Waals surface area (Å²) in [6.45, 7) is 6.33. The molecule has 1 aliphatic heterocycles. The molecule has 0 radical (unpaired) electrons. The van der Waals surface area contributed by atoms with E-state index in [1.807, 2.05) is 7.05 Å². The van der Waals surface area contributed by atoms with Crippen LogP contribution >= 0.6 is 12.4 Å². The van der Waals surface area contributed by atoms with Crippen molar-refractivity contribution in [2.75, 3.05) is 20.1 Å². The first-order valence-corrected chi connectivity index (χ1v) is 6.11. The Labute approximate surface area is 105 Å². The fraction of sp³-hybridized carbons (Fsp3) is 0.917. The third-order valence-corrected chi connectivity index (χ3v) is 3.21. The van der Waals surface area contributed by atoms with Gasteiger partial charge in [0, 0.05) is 19.0 Å². The number of nitrogens with zero attached hydrogens (tertiary/aromatic N) is 1. The standard InChI is InChI=1S/C12H24N2O.ClH/c1-10(2)11-6-5-9-14(11)12(15)7-4-8-13-3;/h10-11,13H,4-9H2,1-3H3;1H. The largest absolute Gasteiger partial charge is 0.339 e. The van der Waals surface area contributed by atoms with Crippen LogP contribution in [0.15, 0.2) is 0 Å². The number of likely N-dealkylation sites (tertiary alicyclic amines) is 1. The summed E-state index contributed by atoms with van der Waals surface area (Å²) in [6, 6.07) is 0.493. The Morgan fingerprint density at radius 1 is 1.50 bits per heavy atom. The molecule has 0 bridgehead atoms. The number of rotatable bonds is 5. The SMILES string of the molecule is CNCCCC(=O)N1CCCC1C(C)C.Cl. The molecule has 4 heteroatoms. The van der Waals surface area contributed by atoms with Crippen molar-refractivity contribution < 1.29 is 4.79 Å². The zero-order chi connectivity index (χ0) is 11.3. The highest BCUT2D eigenvalue weighted by Gasteiger charge is 2.29. The monoisotopic (exact) mass is 248 g/mol. The van der Waals surface area contributed by atoms with Crippen molar-refractivity contribution in [3.05, 3.63) is 0 Å². The maximum Gasteiger partial charge on any atom is 0.222 e. The van der Waals surface area contributed by atoms with Crippen molar-refractivity contribution in [2.24, 2.45) is 5.92 Å². The van der Waals surface area contributed by atoms with Crippen LogP contribution in [-0.4, -0.2) is 37.0 Å². The number of hydrogen-bond acceptors (Lipinski definition) is 2. The van der Waals surface area contributed by atoms with E-state index >= 15 is 0 Å². The molecule has 96 valence electrons. The summed E-state index contributed by atoms with van der Waals surface area (Å²) in [6.07, 6.45) is 4.02. The molecular weight excluding hydrogens is 224 g/mol. The molecule has 1 saturated heterocycles. The van der Waals surface area contributed by atoms with Gasteiger partial charge in [0.15, 0.2) is 0 Å². The molecule has 0 aromatic rings. The highest BCUT2D eigenvalue weighted by Crippen LogP contribution is 2.24. The van der Waals surface area contributed by atoms with Crippen LogP contribution in [-0.2, 0) is 4.79 Å². The lowest BCUT2D eigenvalue weighted by Gasteiger charge is -2.27. The Morgan fingerprint density at radius 2 is 2.19 bits per heavy atom.